The van der Waals surface area contributed by atoms with E-state index in [1.54, 1.807) is 0 Å². The highest BCUT2D eigenvalue weighted by Gasteiger charge is 1.88. The average Bonchev–Trinajstić information content (AvgIpc) is 1.30. The molecule has 0 saturated heterocycles. The Morgan fingerprint density at radius 1 is 1.57 bits per heavy atom. The number of nitrogens with zero attached hydrogens (tertiary/aromatic N) is 1. The fraction of sp³-hybridized carbons (Fsp3) is 0. The van der Waals surface area contributed by atoms with Crippen LogP contribution in [-0.2, 0) is 21.7 Å². The summed E-state index contributed by atoms with van der Waals surface area (Å²) in [4.78, 5) is 0. The molecule has 0 aromatic carbocycles. The van der Waals surface area contributed by atoms with Gasteiger partial charge in [-0.05, 0) is 0 Å². The molecule has 5 nitrogen and oxygen atoms in total. The van der Waals surface area contributed by atoms with E-state index in [0.29, 0.717) is 0 Å². The van der Waals surface area contributed by atoms with Gasteiger partial charge in [-0.3, -0.25) is 4.21 Å². The Kier molecular flexibility index (Phi) is 2.20. The molecule has 0 radical (unpaired) electrons. The smallest absolute Gasteiger partial charge is 0.255 e. The summed E-state index contributed by atoms with van der Waals surface area (Å²) in [6.45, 7) is 0. The molecule has 0 amide bonds. The lowest BCUT2D eigenvalue weighted by Gasteiger charge is -1.74. The van der Waals surface area contributed by atoms with Crippen molar-refractivity contribution in [3.05, 3.63) is 0 Å². The Bertz CT molecular complexity index is 183. The highest BCUT2D eigenvalue weighted by atomic mass is 32.3. The van der Waals surface area contributed by atoms with E-state index < -0.39 is 21.7 Å². The molecule has 0 atom stereocenters. The summed E-state index contributed by atoms with van der Waals surface area (Å²) in [6, 6.07) is 0. The van der Waals surface area contributed by atoms with E-state index >= 15 is 0 Å². The second-order valence-corrected chi connectivity index (χ2v) is 2.64. The normalized spacial score (nSPS) is 12.7. The number of rotatable bonds is 1. The third-order valence-corrected chi connectivity index (χ3v) is 1.48. The molecule has 0 spiro atoms. The molecule has 2 N–H and O–H groups in total. The number of hydrogen-bond donors (Lipinski definition) is 1. The van der Waals surface area contributed by atoms with E-state index in [0.717, 1.165) is 0 Å². The first kappa shape index (κ1) is 6.86. The monoisotopic (exact) mass is 144 g/mol. The van der Waals surface area contributed by atoms with Gasteiger partial charge in [0.1, 0.15) is 0 Å². The fourth-order valence-electron chi connectivity index (χ4n) is 0.0519. The Morgan fingerprint density at radius 2 is 2.00 bits per heavy atom. The molecule has 0 aliphatic rings. The van der Waals surface area contributed by atoms with Gasteiger partial charge in [0.05, 0.1) is 0 Å². The average molecular weight is 144 g/mol. The quantitative estimate of drug-likeness (QED) is 0.464. The maximum atomic E-state index is 9.65. The first-order valence-electron chi connectivity index (χ1n) is 1.18. The minimum atomic E-state index is -3.85. The van der Waals surface area contributed by atoms with Crippen LogP contribution in [0, 0.1) is 0 Å². The van der Waals surface area contributed by atoms with Gasteiger partial charge < -0.3 is 0 Å². The minimum Gasteiger partial charge on any atom is -0.255 e. The lowest BCUT2D eigenvalue weighted by atomic mass is 13.9. The lowest BCUT2D eigenvalue weighted by Crippen LogP contribution is -2.06. The topological polar surface area (TPSA) is 89.6 Å². The molecule has 0 bridgehead atoms. The van der Waals surface area contributed by atoms with Crippen molar-refractivity contribution < 1.29 is 12.6 Å². The third-order valence-electron chi connectivity index (χ3n) is 0.165. The molecule has 7 heteroatoms. The summed E-state index contributed by atoms with van der Waals surface area (Å²) >= 11 is -1.23. The van der Waals surface area contributed by atoms with Crippen molar-refractivity contribution in [2.24, 2.45) is 8.91 Å². The summed E-state index contributed by atoms with van der Waals surface area (Å²) in [5.41, 5.74) is 0. The van der Waals surface area contributed by atoms with Crippen molar-refractivity contribution in [2.45, 2.75) is 0 Å². The zero-order chi connectivity index (χ0) is 5.91. The highest BCUT2D eigenvalue weighted by molar-refractivity contribution is 7.91. The molecule has 0 aliphatic heterocycles. The molecule has 0 unspecified atom stereocenters. The van der Waals surface area contributed by atoms with Gasteiger partial charge in [-0.2, -0.15) is 8.42 Å². The van der Waals surface area contributed by atoms with Crippen LogP contribution in [0.1, 0.15) is 0 Å². The van der Waals surface area contributed by atoms with Gasteiger partial charge in [-0.15, -0.1) is 3.77 Å². The molecule has 44 valence electrons. The molecule has 0 aromatic rings. The lowest BCUT2D eigenvalue weighted by molar-refractivity contribution is 0.600. The second-order valence-electron chi connectivity index (χ2n) is 0.698. The minimum absolute atomic E-state index is 1.23. The largest absolute Gasteiger partial charge is 0.324 e. The number of hydrogen-bond acceptors (Lipinski definition) is 3. The van der Waals surface area contributed by atoms with E-state index in [-0.39, 0.29) is 0 Å². The Hall–Kier alpha value is -0.140. The molecule has 0 fully saturated rings. The molecule has 0 aromatic heterocycles. The predicted octanol–water partition coefficient (Wildman–Crippen LogP) is -1.95. The van der Waals surface area contributed by atoms with Crippen LogP contribution in [0.4, 0.5) is 0 Å². The van der Waals surface area contributed by atoms with Crippen LogP contribution in [0.2, 0.25) is 0 Å². The second kappa shape index (κ2) is 2.24. The van der Waals surface area contributed by atoms with Crippen LogP contribution in [0.3, 0.4) is 0 Å². The maximum Gasteiger partial charge on any atom is 0.324 e. The van der Waals surface area contributed by atoms with Gasteiger partial charge in [0.2, 0.25) is 0 Å². The Labute approximate surface area is 44.0 Å². The Morgan fingerprint density at radius 3 is 2.00 bits per heavy atom. The van der Waals surface area contributed by atoms with Crippen LogP contribution in [-0.4, -0.2) is 12.6 Å². The van der Waals surface area contributed by atoms with Gasteiger partial charge in [0.25, 0.3) is 0 Å². The van der Waals surface area contributed by atoms with E-state index in [1.807, 2.05) is 0 Å². The SMILES string of the molecule is NS(=O)(=O)N=[SH2]=O. The van der Waals surface area contributed by atoms with Crippen LogP contribution in [0.5, 0.6) is 0 Å². The van der Waals surface area contributed by atoms with Crippen LogP contribution in [0.25, 0.3) is 0 Å². The van der Waals surface area contributed by atoms with Gasteiger partial charge in [-0.25, -0.2) is 5.14 Å². The summed E-state index contributed by atoms with van der Waals surface area (Å²) in [7, 11) is -3.85. The zero-order valence-corrected chi connectivity index (χ0v) is 4.97. The van der Waals surface area contributed by atoms with Gasteiger partial charge >= 0.3 is 10.2 Å². The van der Waals surface area contributed by atoms with Crippen molar-refractivity contribution in [3.63, 3.8) is 0 Å². The van der Waals surface area contributed by atoms with Gasteiger partial charge in [0.15, 0.2) is 0 Å². The van der Waals surface area contributed by atoms with Crippen LogP contribution < -0.4 is 5.14 Å². The van der Waals surface area contributed by atoms with E-state index in [2.05, 4.69) is 8.91 Å². The van der Waals surface area contributed by atoms with Crippen molar-refractivity contribution in [1.82, 2.24) is 0 Å². The highest BCUT2D eigenvalue weighted by Crippen LogP contribution is 1.71. The maximum absolute atomic E-state index is 9.65. The van der Waals surface area contributed by atoms with Gasteiger partial charge in [0, 0.05) is 11.5 Å². The van der Waals surface area contributed by atoms with E-state index in [4.69, 9.17) is 0 Å². The van der Waals surface area contributed by atoms with Crippen molar-refractivity contribution >= 4 is 21.7 Å². The van der Waals surface area contributed by atoms with Crippen molar-refractivity contribution in [2.75, 3.05) is 0 Å². The van der Waals surface area contributed by atoms with Crippen LogP contribution in [0.15, 0.2) is 3.77 Å². The number of nitrogens with two attached hydrogens (primary N) is 1. The molecule has 0 saturated carbocycles. The molecule has 7 heavy (non-hydrogen) atoms. The first-order valence-corrected chi connectivity index (χ1v) is 3.54. The summed E-state index contributed by atoms with van der Waals surface area (Å²) in [6.07, 6.45) is 0. The summed E-state index contributed by atoms with van der Waals surface area (Å²) in [5.74, 6) is 0. The van der Waals surface area contributed by atoms with E-state index in [9.17, 15) is 12.6 Å². The van der Waals surface area contributed by atoms with E-state index in [1.165, 1.54) is 0 Å². The fourth-order valence-corrected chi connectivity index (χ4v) is 0.468. The third kappa shape index (κ3) is 5.86. The summed E-state index contributed by atoms with van der Waals surface area (Å²) in [5, 5.41) is 4.26. The van der Waals surface area contributed by atoms with Gasteiger partial charge in [-0.1, -0.05) is 0 Å². The molecular formula is H4N2O3S2. The standard InChI is InChI=1S/H4N2O3S2/c1-7(4,5)2-6-3/h6H2,(H2,1,4,5). The van der Waals surface area contributed by atoms with Crippen molar-refractivity contribution in [1.29, 1.82) is 0 Å². The zero-order valence-electron chi connectivity index (χ0n) is 3.16. The van der Waals surface area contributed by atoms with Crippen LogP contribution >= 0.6 is 0 Å². The predicted molar refractivity (Wildman–Crippen MR) is 26.5 cm³/mol. The first-order chi connectivity index (χ1) is 3.06. The summed E-state index contributed by atoms with van der Waals surface area (Å²) < 4.78 is 31.1. The molecular weight excluding hydrogens is 140 g/mol. The van der Waals surface area contributed by atoms with Crippen molar-refractivity contribution in [3.8, 4) is 0 Å². The molecule has 0 rings (SSSR count). The molecule has 0 heterocycles. The Balaban J connectivity index is 4.44. The molecule has 0 aliphatic carbocycles.